The van der Waals surface area contributed by atoms with Crippen molar-refractivity contribution in [2.45, 2.75) is 69.1 Å². The smallest absolute Gasteiger partial charge is 0.410 e. The summed E-state index contributed by atoms with van der Waals surface area (Å²) in [5.41, 5.74) is -5.47. The van der Waals surface area contributed by atoms with Crippen molar-refractivity contribution in [3.63, 3.8) is 0 Å². The molecule has 0 unspecified atom stereocenters. The van der Waals surface area contributed by atoms with Gasteiger partial charge in [-0.2, -0.15) is 21.6 Å². The van der Waals surface area contributed by atoms with Crippen molar-refractivity contribution in [1.29, 1.82) is 0 Å². The van der Waals surface area contributed by atoms with Crippen LogP contribution >= 0.6 is 0 Å². The normalized spacial score (nSPS) is 28.9. The molecule has 10 heteroatoms. The van der Waals surface area contributed by atoms with Crippen LogP contribution in [-0.2, 0) is 23.5 Å². The molecule has 1 heterocycles. The van der Waals surface area contributed by atoms with Crippen molar-refractivity contribution in [2.24, 2.45) is 0 Å². The number of hydrogen-bond donors (Lipinski definition) is 0. The number of epoxide rings is 1. The van der Waals surface area contributed by atoms with E-state index in [0.29, 0.717) is 6.42 Å². The Morgan fingerprint density at radius 1 is 1.26 bits per heavy atom. The molecule has 0 aromatic rings. The third kappa shape index (κ3) is 3.91. The molecule has 0 bridgehead atoms. The van der Waals surface area contributed by atoms with Crippen LogP contribution in [0.15, 0.2) is 11.8 Å². The lowest BCUT2D eigenvalue weighted by Gasteiger charge is -2.39. The highest BCUT2D eigenvalue weighted by atomic mass is 32.2. The number of alkyl halides is 3. The van der Waals surface area contributed by atoms with Gasteiger partial charge in [-0.25, -0.2) is 0 Å². The van der Waals surface area contributed by atoms with Gasteiger partial charge in [-0.05, 0) is 24.2 Å². The molecule has 2 aliphatic rings. The van der Waals surface area contributed by atoms with Crippen molar-refractivity contribution in [3.8, 4) is 0 Å². The van der Waals surface area contributed by atoms with Crippen molar-refractivity contribution in [3.05, 3.63) is 11.8 Å². The van der Waals surface area contributed by atoms with Crippen LogP contribution in [0.2, 0.25) is 18.1 Å². The van der Waals surface area contributed by atoms with Crippen LogP contribution in [-0.4, -0.2) is 40.6 Å². The van der Waals surface area contributed by atoms with Gasteiger partial charge in [-0.1, -0.05) is 20.8 Å². The Bertz CT molecular complexity index is 606. The van der Waals surface area contributed by atoms with Crippen molar-refractivity contribution in [2.75, 3.05) is 0 Å². The average molecular weight is 374 g/mol. The summed E-state index contributed by atoms with van der Waals surface area (Å²) in [7, 11) is -7.85. The lowest BCUT2D eigenvalue weighted by molar-refractivity contribution is -0.0525. The van der Waals surface area contributed by atoms with Crippen molar-refractivity contribution in [1.82, 2.24) is 0 Å². The lowest BCUT2D eigenvalue weighted by atomic mass is 10.0. The average Bonchev–Trinajstić information content (AvgIpc) is 3.03. The summed E-state index contributed by atoms with van der Waals surface area (Å²) in [5, 5.41) is -0.0822. The maximum Gasteiger partial charge on any atom is 0.534 e. The zero-order valence-electron chi connectivity index (χ0n) is 13.6. The molecule has 0 aromatic heterocycles. The van der Waals surface area contributed by atoms with Crippen LogP contribution in [0.1, 0.15) is 27.2 Å². The lowest BCUT2D eigenvalue weighted by Crippen LogP contribution is -2.44. The Labute approximate surface area is 135 Å². The van der Waals surface area contributed by atoms with E-state index in [4.69, 9.17) is 9.16 Å². The molecule has 1 saturated heterocycles. The Hall–Kier alpha value is -0.583. The predicted molar refractivity (Wildman–Crippen MR) is 79.5 cm³/mol. The zero-order chi connectivity index (χ0) is 17.8. The summed E-state index contributed by atoms with van der Waals surface area (Å²) in [6.07, 6.45) is 0.186. The first-order chi connectivity index (χ1) is 10.1. The van der Waals surface area contributed by atoms with Crippen LogP contribution in [0.3, 0.4) is 0 Å². The second-order valence-electron chi connectivity index (χ2n) is 7.30. The fraction of sp³-hybridized carbons (Fsp3) is 0.846. The molecule has 0 N–H and O–H groups in total. The first-order valence-electron chi connectivity index (χ1n) is 7.20. The number of halogens is 3. The van der Waals surface area contributed by atoms with E-state index in [9.17, 15) is 21.6 Å². The Morgan fingerprint density at radius 3 is 2.30 bits per heavy atom. The third-order valence-corrected chi connectivity index (χ3v) is 9.90. The van der Waals surface area contributed by atoms with Crippen LogP contribution in [0.5, 0.6) is 0 Å². The highest BCUT2D eigenvalue weighted by molar-refractivity contribution is 7.87. The van der Waals surface area contributed by atoms with Gasteiger partial charge >= 0.3 is 15.6 Å². The third-order valence-electron chi connectivity index (χ3n) is 4.42. The second kappa shape index (κ2) is 5.47. The summed E-state index contributed by atoms with van der Waals surface area (Å²) in [4.78, 5) is 0. The van der Waals surface area contributed by atoms with E-state index in [1.54, 1.807) is 0 Å². The fourth-order valence-corrected chi connectivity index (χ4v) is 3.81. The summed E-state index contributed by atoms with van der Waals surface area (Å²) in [5.74, 6) is -0.331. The van der Waals surface area contributed by atoms with Gasteiger partial charge in [0.15, 0.2) is 8.32 Å². The number of fused-ring (bicyclic) bond motifs is 1. The van der Waals surface area contributed by atoms with E-state index in [1.807, 2.05) is 33.9 Å². The monoisotopic (exact) mass is 374 g/mol. The molecule has 2 rings (SSSR count). The molecular weight excluding hydrogens is 353 g/mol. The molecular formula is C13H21F3O5SSi. The summed E-state index contributed by atoms with van der Waals surface area (Å²) < 4.78 is 75.2. The molecule has 1 aliphatic carbocycles. The summed E-state index contributed by atoms with van der Waals surface area (Å²) in [6, 6.07) is 0. The Morgan fingerprint density at radius 2 is 1.83 bits per heavy atom. The second-order valence-corrected chi connectivity index (χ2v) is 13.6. The topological polar surface area (TPSA) is 65.1 Å². The van der Waals surface area contributed by atoms with Crippen LogP contribution < -0.4 is 0 Å². The van der Waals surface area contributed by atoms with Gasteiger partial charge in [0.25, 0.3) is 0 Å². The molecule has 23 heavy (non-hydrogen) atoms. The standard InChI is InChI=1S/C13H21F3O5SSi/c1-12(2,3)23(4,5)21-8-6-9-11(19-9)10(7-8)20-22(17,18)13(14,15)16/h7-9,11H,6H2,1-5H3/t8-,9-,11-/m1/s1. The van der Waals surface area contributed by atoms with Gasteiger partial charge in [-0.3, -0.25) is 0 Å². The van der Waals surface area contributed by atoms with Crippen molar-refractivity contribution >= 4 is 18.4 Å². The fourth-order valence-electron chi connectivity index (χ4n) is 2.03. The first kappa shape index (κ1) is 18.8. The molecule has 0 aromatic carbocycles. The largest absolute Gasteiger partial charge is 0.534 e. The molecule has 0 radical (unpaired) electrons. The van der Waals surface area contributed by atoms with E-state index in [1.165, 1.54) is 6.08 Å². The van der Waals surface area contributed by atoms with Gasteiger partial charge in [0.05, 0.1) is 12.2 Å². The maximum absolute atomic E-state index is 12.4. The van der Waals surface area contributed by atoms with Gasteiger partial charge in [0.1, 0.15) is 11.9 Å². The quantitative estimate of drug-likeness (QED) is 0.327. The number of rotatable bonds is 4. The van der Waals surface area contributed by atoms with E-state index < -0.39 is 36.2 Å². The van der Waals surface area contributed by atoms with Crippen LogP contribution in [0.25, 0.3) is 0 Å². The van der Waals surface area contributed by atoms with E-state index >= 15 is 0 Å². The minimum Gasteiger partial charge on any atom is -0.410 e. The molecule has 1 aliphatic heterocycles. The Kier molecular flexibility index (Phi) is 4.46. The molecule has 5 nitrogen and oxygen atoms in total. The van der Waals surface area contributed by atoms with E-state index in [-0.39, 0.29) is 16.9 Å². The molecule has 134 valence electrons. The minimum absolute atomic E-state index is 0.0822. The minimum atomic E-state index is -5.69. The first-order valence-corrected chi connectivity index (χ1v) is 11.5. The van der Waals surface area contributed by atoms with Gasteiger partial charge < -0.3 is 13.3 Å². The van der Waals surface area contributed by atoms with Crippen LogP contribution in [0.4, 0.5) is 13.2 Å². The zero-order valence-corrected chi connectivity index (χ0v) is 15.4. The highest BCUT2D eigenvalue weighted by Gasteiger charge is 2.55. The molecule has 0 spiro atoms. The SMILES string of the molecule is CC(C)(C)[Si](C)(C)O[C@H]1C=C(OS(=O)(=O)C(F)(F)F)[C@@H]2O[C@@H]2C1. The highest BCUT2D eigenvalue weighted by Crippen LogP contribution is 2.44. The van der Waals surface area contributed by atoms with Crippen molar-refractivity contribution < 1.29 is 34.9 Å². The number of ether oxygens (including phenoxy) is 1. The van der Waals surface area contributed by atoms with Gasteiger partial charge in [0.2, 0.25) is 0 Å². The molecule has 3 atom stereocenters. The molecule has 0 saturated carbocycles. The summed E-state index contributed by atoms with van der Waals surface area (Å²) in [6.45, 7) is 10.1. The Balaban J connectivity index is 2.17. The number of hydrogen-bond acceptors (Lipinski definition) is 5. The van der Waals surface area contributed by atoms with Gasteiger partial charge in [0, 0.05) is 6.42 Å². The maximum atomic E-state index is 12.4. The van der Waals surface area contributed by atoms with Gasteiger partial charge in [-0.15, -0.1) is 0 Å². The molecule has 0 amide bonds. The summed E-state index contributed by atoms with van der Waals surface area (Å²) >= 11 is 0. The van der Waals surface area contributed by atoms with E-state index in [2.05, 4.69) is 4.18 Å². The van der Waals surface area contributed by atoms with E-state index in [0.717, 1.165) is 0 Å². The van der Waals surface area contributed by atoms with Crippen LogP contribution in [0, 0.1) is 0 Å². The predicted octanol–water partition coefficient (Wildman–Crippen LogP) is 3.30. The molecule has 1 fully saturated rings.